The molecule has 0 spiro atoms. The maximum absolute atomic E-state index is 9.49. The van der Waals surface area contributed by atoms with Gasteiger partial charge >= 0.3 is 0 Å². The zero-order chi connectivity index (χ0) is 11.1. The number of hydrogen-bond acceptors (Lipinski definition) is 4. The van der Waals surface area contributed by atoms with Crippen LogP contribution in [0.2, 0.25) is 0 Å². The van der Waals surface area contributed by atoms with Gasteiger partial charge in [-0.25, -0.2) is 0 Å². The minimum atomic E-state index is -1.19. The summed E-state index contributed by atoms with van der Waals surface area (Å²) in [5.41, 5.74) is 0.0648. The Balaban J connectivity index is 0.000000255. The quantitative estimate of drug-likeness (QED) is 0.424. The smallest absolute Gasteiger partial charge is 0.142 e. The Hall–Kier alpha value is -1.62. The molecule has 0 aliphatic carbocycles. The van der Waals surface area contributed by atoms with Crippen LogP contribution in [0.25, 0.3) is 0 Å². The van der Waals surface area contributed by atoms with E-state index in [0.29, 0.717) is 4.64 Å². The topological polar surface area (TPSA) is 65.3 Å². The monoisotopic (exact) mass is 212 g/mol. The number of aromatic nitrogens is 1. The maximum atomic E-state index is 9.49. The molecular weight excluding hydrogens is 202 g/mol. The van der Waals surface area contributed by atoms with Crippen molar-refractivity contribution in [3.63, 3.8) is 0 Å². The molecule has 0 fully saturated rings. The standard InChI is InChI=1S/C5H5NOS.C4H6O2/c7-6-4-2-1-3-5(6)8;1-3(2)4(5)6/h1-4,7H;1H2,2H3,(H,5,6)/p-1. The van der Waals surface area contributed by atoms with Gasteiger partial charge in [0.05, 0.1) is 5.97 Å². The van der Waals surface area contributed by atoms with Crippen LogP contribution in [0.3, 0.4) is 0 Å². The normalized spacial score (nSPS) is 8.36. The first kappa shape index (κ1) is 12.4. The number of pyridine rings is 1. The predicted molar refractivity (Wildman–Crippen MR) is 52.3 cm³/mol. The lowest BCUT2D eigenvalue weighted by Crippen LogP contribution is -2.22. The Bertz CT molecular complexity index is 372. The van der Waals surface area contributed by atoms with Gasteiger partial charge in [-0.05, 0) is 24.6 Å². The minimum absolute atomic E-state index is 0.0648. The highest BCUT2D eigenvalue weighted by atomic mass is 32.1. The number of carboxylic acid groups (broad SMARTS) is 1. The van der Waals surface area contributed by atoms with E-state index < -0.39 is 5.97 Å². The number of carboxylic acids is 1. The van der Waals surface area contributed by atoms with Crippen molar-refractivity contribution in [1.29, 1.82) is 0 Å². The van der Waals surface area contributed by atoms with Crippen LogP contribution in [0.15, 0.2) is 36.5 Å². The van der Waals surface area contributed by atoms with E-state index in [9.17, 15) is 9.90 Å². The van der Waals surface area contributed by atoms with Crippen molar-refractivity contribution in [2.24, 2.45) is 0 Å². The number of aliphatic carboxylic acids is 1. The lowest BCUT2D eigenvalue weighted by Gasteiger charge is -1.93. The molecule has 76 valence electrons. The van der Waals surface area contributed by atoms with Gasteiger partial charge in [0.2, 0.25) is 0 Å². The maximum Gasteiger partial charge on any atom is 0.142 e. The van der Waals surface area contributed by atoms with E-state index in [2.05, 4.69) is 18.8 Å². The Morgan fingerprint density at radius 3 is 2.36 bits per heavy atom. The number of rotatable bonds is 1. The van der Waals surface area contributed by atoms with Crippen molar-refractivity contribution in [3.05, 3.63) is 41.2 Å². The average molecular weight is 212 g/mol. The van der Waals surface area contributed by atoms with Gasteiger partial charge in [-0.2, -0.15) is 4.73 Å². The Kier molecular flexibility index (Phi) is 5.24. The number of carbonyl (C=O) groups excluding carboxylic acids is 1. The molecule has 0 amide bonds. The van der Waals surface area contributed by atoms with Crippen LogP contribution in [0.1, 0.15) is 6.92 Å². The molecule has 0 saturated carbocycles. The van der Waals surface area contributed by atoms with Gasteiger partial charge in [0.25, 0.3) is 0 Å². The summed E-state index contributed by atoms with van der Waals surface area (Å²) in [5.74, 6) is -1.19. The lowest BCUT2D eigenvalue weighted by molar-refractivity contribution is -0.299. The summed E-state index contributed by atoms with van der Waals surface area (Å²) in [6, 6.07) is 5.13. The Morgan fingerprint density at radius 1 is 1.64 bits per heavy atom. The first-order chi connectivity index (χ1) is 6.45. The summed E-state index contributed by atoms with van der Waals surface area (Å²) in [5, 5.41) is 18.2. The summed E-state index contributed by atoms with van der Waals surface area (Å²) in [7, 11) is 0. The molecule has 4 nitrogen and oxygen atoms in total. The van der Waals surface area contributed by atoms with Crippen LogP contribution >= 0.6 is 12.2 Å². The molecule has 0 radical (unpaired) electrons. The number of carbonyl (C=O) groups is 1. The van der Waals surface area contributed by atoms with Crippen molar-refractivity contribution in [2.75, 3.05) is 0 Å². The van der Waals surface area contributed by atoms with E-state index in [0.717, 1.165) is 4.73 Å². The zero-order valence-electron chi connectivity index (χ0n) is 7.64. The van der Waals surface area contributed by atoms with Gasteiger partial charge in [0.1, 0.15) is 4.64 Å². The van der Waals surface area contributed by atoms with Gasteiger partial charge in [0, 0.05) is 6.20 Å². The number of hydrogen-bond donors (Lipinski definition) is 1. The molecule has 0 aromatic carbocycles. The van der Waals surface area contributed by atoms with E-state index in [1.54, 1.807) is 18.2 Å². The zero-order valence-corrected chi connectivity index (χ0v) is 8.45. The van der Waals surface area contributed by atoms with Crippen LogP contribution in [0, 0.1) is 4.64 Å². The minimum Gasteiger partial charge on any atom is -0.545 e. The van der Waals surface area contributed by atoms with E-state index >= 15 is 0 Å². The molecule has 1 N–H and O–H groups in total. The van der Waals surface area contributed by atoms with Crippen LogP contribution < -0.4 is 5.11 Å². The van der Waals surface area contributed by atoms with Gasteiger partial charge in [-0.3, -0.25) is 0 Å². The largest absolute Gasteiger partial charge is 0.545 e. The van der Waals surface area contributed by atoms with Crippen LogP contribution in [0.4, 0.5) is 0 Å². The van der Waals surface area contributed by atoms with Gasteiger partial charge < -0.3 is 15.1 Å². The second kappa shape index (κ2) is 5.93. The third-order valence-electron chi connectivity index (χ3n) is 1.15. The average Bonchev–Trinajstić information content (AvgIpc) is 2.11. The first-order valence-corrected chi connectivity index (χ1v) is 4.09. The van der Waals surface area contributed by atoms with E-state index in [-0.39, 0.29) is 5.57 Å². The van der Waals surface area contributed by atoms with Crippen molar-refractivity contribution in [2.45, 2.75) is 6.92 Å². The van der Waals surface area contributed by atoms with Crippen molar-refractivity contribution in [1.82, 2.24) is 4.73 Å². The summed E-state index contributed by atoms with van der Waals surface area (Å²) in [6.45, 7) is 4.48. The molecular formula is C9H10NO3S-. The lowest BCUT2D eigenvalue weighted by atomic mass is 10.4. The van der Waals surface area contributed by atoms with Gasteiger partial charge in [-0.1, -0.05) is 24.9 Å². The molecule has 5 heteroatoms. The van der Waals surface area contributed by atoms with E-state index in [1.807, 2.05) is 0 Å². The van der Waals surface area contributed by atoms with E-state index in [1.165, 1.54) is 13.1 Å². The summed E-state index contributed by atoms with van der Waals surface area (Å²) >= 11 is 4.67. The second-order valence-electron chi connectivity index (χ2n) is 2.45. The van der Waals surface area contributed by atoms with Gasteiger partial charge in [-0.15, -0.1) is 0 Å². The fourth-order valence-electron chi connectivity index (χ4n) is 0.419. The molecule has 0 aliphatic heterocycles. The Labute approximate surface area is 86.7 Å². The molecule has 0 atom stereocenters. The number of nitrogens with zero attached hydrogens (tertiary/aromatic N) is 1. The van der Waals surface area contributed by atoms with Crippen LogP contribution in [-0.2, 0) is 4.79 Å². The third-order valence-corrected chi connectivity index (χ3v) is 1.47. The Morgan fingerprint density at radius 2 is 2.14 bits per heavy atom. The van der Waals surface area contributed by atoms with Crippen LogP contribution in [0.5, 0.6) is 0 Å². The predicted octanol–water partition coefficient (Wildman–Crippen LogP) is 0.767. The van der Waals surface area contributed by atoms with Crippen LogP contribution in [-0.4, -0.2) is 15.9 Å². The molecule has 0 aliphatic rings. The third kappa shape index (κ3) is 5.10. The molecule has 0 saturated heterocycles. The molecule has 1 aromatic rings. The molecule has 1 aromatic heterocycles. The summed E-state index contributed by atoms with van der Waals surface area (Å²) < 4.78 is 1.32. The first-order valence-electron chi connectivity index (χ1n) is 3.69. The fourth-order valence-corrected chi connectivity index (χ4v) is 0.558. The SMILES string of the molecule is C=C(C)C(=O)[O-].On1ccccc1=S. The van der Waals surface area contributed by atoms with Gasteiger partial charge in [0.15, 0.2) is 0 Å². The van der Waals surface area contributed by atoms with Crippen molar-refractivity contribution >= 4 is 18.2 Å². The highest BCUT2D eigenvalue weighted by molar-refractivity contribution is 7.71. The molecule has 14 heavy (non-hydrogen) atoms. The molecule has 0 unspecified atom stereocenters. The highest BCUT2D eigenvalue weighted by Gasteiger charge is 1.78. The molecule has 1 rings (SSSR count). The molecule has 0 bridgehead atoms. The molecule has 1 heterocycles. The fraction of sp³-hybridized carbons (Fsp3) is 0.111. The van der Waals surface area contributed by atoms with Crippen molar-refractivity contribution in [3.8, 4) is 0 Å². The van der Waals surface area contributed by atoms with Crippen molar-refractivity contribution < 1.29 is 15.1 Å². The highest BCUT2D eigenvalue weighted by Crippen LogP contribution is 1.86. The second-order valence-corrected chi connectivity index (χ2v) is 2.87. The summed E-state index contributed by atoms with van der Waals surface area (Å²) in [4.78, 5) is 9.49. The van der Waals surface area contributed by atoms with E-state index in [4.69, 9.17) is 5.21 Å². The summed E-state index contributed by atoms with van der Waals surface area (Å²) in [6.07, 6.45) is 1.49.